The third-order valence-corrected chi connectivity index (χ3v) is 5.08. The average Bonchev–Trinajstić information content (AvgIpc) is 3.31. The molecule has 1 fully saturated rings. The van der Waals surface area contributed by atoms with Crippen molar-refractivity contribution in [2.45, 2.75) is 38.0 Å². The maximum absolute atomic E-state index is 13.5. The normalized spacial score (nSPS) is 22.8. The van der Waals surface area contributed by atoms with Gasteiger partial charge in [0.1, 0.15) is 5.82 Å². The second-order valence-corrected chi connectivity index (χ2v) is 7.02. The van der Waals surface area contributed by atoms with E-state index in [0.29, 0.717) is 17.7 Å². The number of aliphatic hydroxyl groups excluding tert-OH is 1. The van der Waals surface area contributed by atoms with Crippen LogP contribution in [-0.4, -0.2) is 37.7 Å². The van der Waals surface area contributed by atoms with Crippen molar-refractivity contribution in [3.05, 3.63) is 54.5 Å². The average molecular weight is 356 g/mol. The lowest BCUT2D eigenvalue weighted by atomic mass is 10.1. The third-order valence-electron chi connectivity index (χ3n) is 5.08. The highest BCUT2D eigenvalue weighted by Crippen LogP contribution is 2.28. The number of aliphatic hydroxyl groups is 1. The number of hydrogen-bond donors (Lipinski definition) is 3. The summed E-state index contributed by atoms with van der Waals surface area (Å²) < 4.78 is 15.4. The van der Waals surface area contributed by atoms with Gasteiger partial charge in [0.2, 0.25) is 5.91 Å². The van der Waals surface area contributed by atoms with E-state index in [1.807, 2.05) is 10.8 Å². The molecule has 0 aliphatic heterocycles. The molecule has 1 aliphatic rings. The molecule has 4 rings (SSSR count). The lowest BCUT2D eigenvalue weighted by Gasteiger charge is -2.16. The molecule has 1 saturated carbocycles. The summed E-state index contributed by atoms with van der Waals surface area (Å²) in [6.45, 7) is 0.783. The van der Waals surface area contributed by atoms with Crippen LogP contribution in [0.3, 0.4) is 0 Å². The number of aromatic amines is 1. The SMILES string of the molecule is O=C(Cc1c[nH]c2ccc(F)cc12)N[C@@H]1CC(Cn2ccnc2)C[C@H]1O. The smallest absolute Gasteiger partial charge is 0.224 e. The molecule has 2 heterocycles. The number of imidazole rings is 1. The number of benzene rings is 1. The highest BCUT2D eigenvalue weighted by molar-refractivity contribution is 5.89. The predicted molar refractivity (Wildman–Crippen MR) is 94.8 cm³/mol. The minimum atomic E-state index is -0.548. The minimum absolute atomic E-state index is 0.152. The number of halogens is 1. The summed E-state index contributed by atoms with van der Waals surface area (Å²) in [4.78, 5) is 19.5. The van der Waals surface area contributed by atoms with Gasteiger partial charge in [-0.15, -0.1) is 0 Å². The van der Waals surface area contributed by atoms with Crippen LogP contribution >= 0.6 is 0 Å². The maximum Gasteiger partial charge on any atom is 0.224 e. The van der Waals surface area contributed by atoms with E-state index >= 15 is 0 Å². The molecule has 1 aliphatic carbocycles. The summed E-state index contributed by atoms with van der Waals surface area (Å²) >= 11 is 0. The van der Waals surface area contributed by atoms with E-state index in [4.69, 9.17) is 0 Å². The van der Waals surface area contributed by atoms with Gasteiger partial charge in [0, 0.05) is 36.0 Å². The number of rotatable bonds is 5. The molecule has 0 spiro atoms. The van der Waals surface area contributed by atoms with Crippen LogP contribution in [0, 0.1) is 11.7 Å². The Hall–Kier alpha value is -2.67. The van der Waals surface area contributed by atoms with Crippen molar-refractivity contribution in [3.63, 3.8) is 0 Å². The quantitative estimate of drug-likeness (QED) is 0.654. The molecule has 0 saturated heterocycles. The van der Waals surface area contributed by atoms with Gasteiger partial charge in [0.05, 0.1) is 24.9 Å². The van der Waals surface area contributed by atoms with Crippen molar-refractivity contribution in [2.75, 3.05) is 0 Å². The summed E-state index contributed by atoms with van der Waals surface area (Å²) in [5, 5.41) is 13.9. The number of nitrogens with zero attached hydrogens (tertiary/aromatic N) is 2. The summed E-state index contributed by atoms with van der Waals surface area (Å²) in [6.07, 6.45) is 8.11. The van der Waals surface area contributed by atoms with Crippen LogP contribution in [0.1, 0.15) is 18.4 Å². The lowest BCUT2D eigenvalue weighted by Crippen LogP contribution is -2.40. The second kappa shape index (κ2) is 6.92. The predicted octanol–water partition coefficient (Wildman–Crippen LogP) is 2.00. The van der Waals surface area contributed by atoms with E-state index in [1.165, 1.54) is 12.1 Å². The van der Waals surface area contributed by atoms with Gasteiger partial charge in [-0.3, -0.25) is 4.79 Å². The van der Waals surface area contributed by atoms with Gasteiger partial charge in [-0.2, -0.15) is 0 Å². The summed E-state index contributed by atoms with van der Waals surface area (Å²) in [6, 6.07) is 4.23. The lowest BCUT2D eigenvalue weighted by molar-refractivity contribution is -0.121. The molecule has 3 N–H and O–H groups in total. The van der Waals surface area contributed by atoms with Crippen molar-refractivity contribution in [1.29, 1.82) is 0 Å². The van der Waals surface area contributed by atoms with Crippen molar-refractivity contribution in [3.8, 4) is 0 Å². The molecule has 0 radical (unpaired) electrons. The molecular weight excluding hydrogens is 335 g/mol. The van der Waals surface area contributed by atoms with E-state index in [-0.39, 0.29) is 24.2 Å². The molecule has 3 atom stereocenters. The minimum Gasteiger partial charge on any atom is -0.391 e. The Morgan fingerprint density at radius 1 is 1.42 bits per heavy atom. The molecule has 26 heavy (non-hydrogen) atoms. The van der Waals surface area contributed by atoms with Gasteiger partial charge < -0.3 is 20.0 Å². The van der Waals surface area contributed by atoms with Gasteiger partial charge in [0.15, 0.2) is 0 Å². The van der Waals surface area contributed by atoms with Gasteiger partial charge >= 0.3 is 0 Å². The summed E-state index contributed by atoms with van der Waals surface area (Å²) in [7, 11) is 0. The first kappa shape index (κ1) is 16.8. The van der Waals surface area contributed by atoms with Crippen molar-refractivity contribution in [1.82, 2.24) is 19.9 Å². The monoisotopic (exact) mass is 356 g/mol. The Labute approximate surface area is 150 Å². The number of nitrogens with one attached hydrogen (secondary N) is 2. The van der Waals surface area contributed by atoms with E-state index in [0.717, 1.165) is 24.0 Å². The van der Waals surface area contributed by atoms with Crippen LogP contribution < -0.4 is 5.32 Å². The number of fused-ring (bicyclic) bond motifs is 1. The highest BCUT2D eigenvalue weighted by atomic mass is 19.1. The number of amides is 1. The second-order valence-electron chi connectivity index (χ2n) is 7.02. The Morgan fingerprint density at radius 2 is 2.31 bits per heavy atom. The zero-order chi connectivity index (χ0) is 18.1. The van der Waals surface area contributed by atoms with Crippen molar-refractivity contribution >= 4 is 16.8 Å². The molecule has 3 aromatic rings. The van der Waals surface area contributed by atoms with Crippen LogP contribution in [0.2, 0.25) is 0 Å². The topological polar surface area (TPSA) is 82.9 Å². The molecule has 0 bridgehead atoms. The van der Waals surface area contributed by atoms with E-state index in [9.17, 15) is 14.3 Å². The highest BCUT2D eigenvalue weighted by Gasteiger charge is 2.34. The van der Waals surface area contributed by atoms with E-state index in [2.05, 4.69) is 15.3 Å². The molecule has 2 aromatic heterocycles. The molecule has 136 valence electrons. The fraction of sp³-hybridized carbons (Fsp3) is 0.368. The molecule has 6 nitrogen and oxygen atoms in total. The van der Waals surface area contributed by atoms with Gasteiger partial charge in [-0.25, -0.2) is 9.37 Å². The molecule has 7 heteroatoms. The van der Waals surface area contributed by atoms with Gasteiger partial charge in [0.25, 0.3) is 0 Å². The Kier molecular flexibility index (Phi) is 4.46. The fourth-order valence-electron chi connectivity index (χ4n) is 3.84. The van der Waals surface area contributed by atoms with Crippen LogP contribution in [0.25, 0.3) is 10.9 Å². The van der Waals surface area contributed by atoms with Crippen molar-refractivity contribution in [2.24, 2.45) is 5.92 Å². The van der Waals surface area contributed by atoms with Crippen LogP contribution in [0.5, 0.6) is 0 Å². The van der Waals surface area contributed by atoms with E-state index < -0.39 is 6.10 Å². The molecule has 1 amide bonds. The van der Waals surface area contributed by atoms with E-state index in [1.54, 1.807) is 24.8 Å². The zero-order valence-corrected chi connectivity index (χ0v) is 14.2. The standard InChI is InChI=1S/C19H21FN4O2/c20-14-1-2-16-15(8-14)13(9-22-16)7-19(26)23-17-5-12(6-18(17)25)10-24-4-3-21-11-24/h1-4,8-9,11-12,17-18,22,25H,5-7,10H2,(H,23,26)/t12?,17-,18-/m1/s1. The maximum atomic E-state index is 13.5. The third kappa shape index (κ3) is 3.48. The summed E-state index contributed by atoms with van der Waals surface area (Å²) in [5.74, 6) is -0.193. The van der Waals surface area contributed by atoms with Crippen molar-refractivity contribution < 1.29 is 14.3 Å². The number of H-pyrrole nitrogens is 1. The Bertz CT molecular complexity index is 906. The largest absolute Gasteiger partial charge is 0.391 e. The van der Waals surface area contributed by atoms with Crippen LogP contribution in [-0.2, 0) is 17.8 Å². The molecule has 1 unspecified atom stereocenters. The number of aromatic nitrogens is 3. The zero-order valence-electron chi connectivity index (χ0n) is 14.2. The number of carbonyl (C=O) groups excluding carboxylic acids is 1. The first-order chi connectivity index (χ1) is 12.6. The fourth-order valence-corrected chi connectivity index (χ4v) is 3.84. The number of carbonyl (C=O) groups is 1. The summed E-state index contributed by atoms with van der Waals surface area (Å²) in [5.41, 5.74) is 1.55. The Morgan fingerprint density at radius 3 is 3.12 bits per heavy atom. The van der Waals surface area contributed by atoms with Gasteiger partial charge in [-0.1, -0.05) is 0 Å². The van der Waals surface area contributed by atoms with Crippen LogP contribution in [0.4, 0.5) is 4.39 Å². The molecular formula is C19H21FN4O2. The first-order valence-electron chi connectivity index (χ1n) is 8.77. The van der Waals surface area contributed by atoms with Crippen LogP contribution in [0.15, 0.2) is 43.1 Å². The molecule has 1 aromatic carbocycles. The van der Waals surface area contributed by atoms with Gasteiger partial charge in [-0.05, 0) is 42.5 Å². The number of hydrogen-bond acceptors (Lipinski definition) is 3. The Balaban J connectivity index is 1.37. The first-order valence-corrected chi connectivity index (χ1v) is 8.77.